The van der Waals surface area contributed by atoms with Crippen LogP contribution in [-0.4, -0.2) is 38.7 Å². The maximum atomic E-state index is 11.1. The van der Waals surface area contributed by atoms with Gasteiger partial charge in [0.1, 0.15) is 0 Å². The Labute approximate surface area is 98.8 Å². The molecule has 1 saturated carbocycles. The van der Waals surface area contributed by atoms with Crippen molar-refractivity contribution in [3.05, 3.63) is 11.9 Å². The third-order valence-electron chi connectivity index (χ3n) is 2.92. The number of carbonyl (C=O) groups is 1. The number of hydrogen-bond acceptors (Lipinski definition) is 4. The molecule has 1 fully saturated rings. The van der Waals surface area contributed by atoms with Gasteiger partial charge in [-0.3, -0.25) is 4.68 Å². The van der Waals surface area contributed by atoms with E-state index in [9.17, 15) is 4.79 Å². The molecule has 6 nitrogen and oxygen atoms in total. The Bertz CT molecular complexity index is 396. The summed E-state index contributed by atoms with van der Waals surface area (Å²) in [7, 11) is 0. The fourth-order valence-electron chi connectivity index (χ4n) is 2.12. The first-order chi connectivity index (χ1) is 8.22. The first-order valence-corrected chi connectivity index (χ1v) is 5.79. The summed E-state index contributed by atoms with van der Waals surface area (Å²) in [6.45, 7) is 0.0144. The lowest BCUT2D eigenvalue weighted by Gasteiger charge is -2.12. The average Bonchev–Trinajstić information content (AvgIpc) is 2.89. The van der Waals surface area contributed by atoms with Crippen LogP contribution < -0.4 is 4.74 Å². The van der Waals surface area contributed by atoms with Gasteiger partial charge in [0.25, 0.3) is 0 Å². The van der Waals surface area contributed by atoms with Crippen molar-refractivity contribution in [2.24, 2.45) is 0 Å². The zero-order valence-electron chi connectivity index (χ0n) is 9.50. The second-order valence-electron chi connectivity index (χ2n) is 4.13. The summed E-state index contributed by atoms with van der Waals surface area (Å²) in [5.74, 6) is -0.776. The van der Waals surface area contributed by atoms with Gasteiger partial charge in [-0.1, -0.05) is 0 Å². The van der Waals surface area contributed by atoms with Gasteiger partial charge in [0, 0.05) is 0 Å². The smallest absolute Gasteiger partial charge is 0.358 e. The third-order valence-corrected chi connectivity index (χ3v) is 2.92. The topological polar surface area (TPSA) is 84.6 Å². The highest BCUT2D eigenvalue weighted by Crippen LogP contribution is 2.26. The summed E-state index contributed by atoms with van der Waals surface area (Å²) in [6, 6.07) is 0. The number of carboxylic acid groups (broad SMARTS) is 1. The summed E-state index contributed by atoms with van der Waals surface area (Å²) in [6.07, 6.45) is 5.68. The summed E-state index contributed by atoms with van der Waals surface area (Å²) in [5, 5.41) is 21.9. The van der Waals surface area contributed by atoms with E-state index in [1.54, 1.807) is 0 Å². The van der Waals surface area contributed by atoms with Crippen LogP contribution in [0.2, 0.25) is 0 Å². The van der Waals surface area contributed by atoms with Crippen molar-refractivity contribution in [2.75, 3.05) is 6.61 Å². The summed E-state index contributed by atoms with van der Waals surface area (Å²) < 4.78 is 6.91. The van der Waals surface area contributed by atoms with Crippen LogP contribution in [0.5, 0.6) is 5.75 Å². The van der Waals surface area contributed by atoms with Gasteiger partial charge in [-0.2, -0.15) is 5.10 Å². The van der Waals surface area contributed by atoms with Crippen LogP contribution in [0.15, 0.2) is 6.20 Å². The molecule has 6 heteroatoms. The number of hydrogen-bond donors (Lipinski definition) is 2. The van der Waals surface area contributed by atoms with Crippen LogP contribution in [0, 0.1) is 0 Å². The maximum Gasteiger partial charge on any atom is 0.358 e. The van der Waals surface area contributed by atoms with Crippen molar-refractivity contribution < 1.29 is 19.7 Å². The Balaban J connectivity index is 2.17. The predicted octanol–water partition coefficient (Wildman–Crippen LogP) is 0.895. The van der Waals surface area contributed by atoms with Crippen molar-refractivity contribution in [1.82, 2.24) is 9.78 Å². The molecular formula is C11H16N2O4. The first-order valence-electron chi connectivity index (χ1n) is 5.79. The van der Waals surface area contributed by atoms with Crippen LogP contribution in [-0.2, 0) is 6.54 Å². The molecule has 0 radical (unpaired) electrons. The predicted molar refractivity (Wildman–Crippen MR) is 59.2 cm³/mol. The van der Waals surface area contributed by atoms with Gasteiger partial charge >= 0.3 is 5.97 Å². The van der Waals surface area contributed by atoms with Gasteiger partial charge in [-0.15, -0.1) is 0 Å². The number of nitrogens with zero attached hydrogens (tertiary/aromatic N) is 2. The van der Waals surface area contributed by atoms with E-state index >= 15 is 0 Å². The van der Waals surface area contributed by atoms with Gasteiger partial charge in [-0.25, -0.2) is 4.79 Å². The lowest BCUT2D eigenvalue weighted by Crippen LogP contribution is -2.16. The van der Waals surface area contributed by atoms with E-state index < -0.39 is 5.97 Å². The summed E-state index contributed by atoms with van der Waals surface area (Å²) >= 11 is 0. The first kappa shape index (κ1) is 11.9. The Hall–Kier alpha value is -1.56. The number of rotatable bonds is 5. The molecule has 1 heterocycles. The number of carboxylic acids is 1. The molecule has 1 aromatic heterocycles. The van der Waals surface area contributed by atoms with Crippen LogP contribution in [0.3, 0.4) is 0 Å². The zero-order chi connectivity index (χ0) is 12.3. The van der Waals surface area contributed by atoms with E-state index in [2.05, 4.69) is 5.10 Å². The largest absolute Gasteiger partial charge is 0.486 e. The Kier molecular flexibility index (Phi) is 3.63. The van der Waals surface area contributed by atoms with E-state index in [0.717, 1.165) is 25.7 Å². The third kappa shape index (κ3) is 2.58. The standard InChI is InChI=1S/C11H16N2O4/c14-6-5-13-10(11(15)16)9(7-12-13)17-8-3-1-2-4-8/h7-8,14H,1-6H2,(H,15,16). The Morgan fingerprint density at radius 2 is 2.24 bits per heavy atom. The fraction of sp³-hybridized carbons (Fsp3) is 0.636. The molecule has 94 valence electrons. The molecule has 1 aliphatic carbocycles. The van der Waals surface area contributed by atoms with Crippen molar-refractivity contribution >= 4 is 5.97 Å². The van der Waals surface area contributed by atoms with Gasteiger partial charge in [-0.05, 0) is 25.7 Å². The number of aromatic carboxylic acids is 1. The molecule has 0 aromatic carbocycles. The lowest BCUT2D eigenvalue weighted by atomic mass is 10.3. The molecule has 17 heavy (non-hydrogen) atoms. The Morgan fingerprint density at radius 1 is 1.53 bits per heavy atom. The molecule has 2 rings (SSSR count). The Morgan fingerprint density at radius 3 is 2.82 bits per heavy atom. The number of aromatic nitrogens is 2. The van der Waals surface area contributed by atoms with Crippen LogP contribution >= 0.6 is 0 Å². The molecule has 0 spiro atoms. The molecular weight excluding hydrogens is 224 g/mol. The van der Waals surface area contributed by atoms with E-state index in [0.29, 0.717) is 5.75 Å². The molecule has 0 amide bonds. The second-order valence-corrected chi connectivity index (χ2v) is 4.13. The number of aliphatic hydroxyl groups excluding tert-OH is 1. The minimum absolute atomic E-state index is 0.0194. The molecule has 1 aromatic rings. The van der Waals surface area contributed by atoms with E-state index in [1.807, 2.05) is 0 Å². The van der Waals surface area contributed by atoms with E-state index in [4.69, 9.17) is 14.9 Å². The highest BCUT2D eigenvalue weighted by atomic mass is 16.5. The molecule has 2 N–H and O–H groups in total. The lowest BCUT2D eigenvalue weighted by molar-refractivity contribution is 0.0673. The second kappa shape index (κ2) is 5.18. The minimum atomic E-state index is -1.08. The fourth-order valence-corrected chi connectivity index (χ4v) is 2.12. The zero-order valence-corrected chi connectivity index (χ0v) is 9.50. The summed E-state index contributed by atoms with van der Waals surface area (Å²) in [4.78, 5) is 11.1. The van der Waals surface area contributed by atoms with Crippen molar-refractivity contribution in [2.45, 2.75) is 38.3 Å². The van der Waals surface area contributed by atoms with E-state index in [1.165, 1.54) is 10.9 Å². The van der Waals surface area contributed by atoms with Crippen LogP contribution in [0.4, 0.5) is 0 Å². The van der Waals surface area contributed by atoms with Crippen LogP contribution in [0.1, 0.15) is 36.2 Å². The van der Waals surface area contributed by atoms with Crippen LogP contribution in [0.25, 0.3) is 0 Å². The van der Waals surface area contributed by atoms with Gasteiger partial charge in [0.2, 0.25) is 0 Å². The van der Waals surface area contributed by atoms with E-state index in [-0.39, 0.29) is 24.9 Å². The highest BCUT2D eigenvalue weighted by Gasteiger charge is 2.23. The average molecular weight is 240 g/mol. The highest BCUT2D eigenvalue weighted by molar-refractivity contribution is 5.88. The maximum absolute atomic E-state index is 11.1. The molecule has 0 atom stereocenters. The monoisotopic (exact) mass is 240 g/mol. The molecule has 0 aliphatic heterocycles. The summed E-state index contributed by atoms with van der Waals surface area (Å²) in [5.41, 5.74) is 0.0194. The SMILES string of the molecule is O=C(O)c1c(OC2CCCC2)cnn1CCO. The molecule has 1 aliphatic rings. The van der Waals surface area contributed by atoms with Gasteiger partial charge < -0.3 is 14.9 Å². The van der Waals surface area contributed by atoms with Gasteiger partial charge in [0.05, 0.1) is 25.5 Å². The van der Waals surface area contributed by atoms with Gasteiger partial charge in [0.15, 0.2) is 11.4 Å². The molecule has 0 saturated heterocycles. The minimum Gasteiger partial charge on any atom is -0.486 e. The van der Waals surface area contributed by atoms with Crippen molar-refractivity contribution in [3.8, 4) is 5.75 Å². The normalized spacial score (nSPS) is 16.3. The van der Waals surface area contributed by atoms with Crippen molar-refractivity contribution in [1.29, 1.82) is 0 Å². The quantitative estimate of drug-likeness (QED) is 0.798. The van der Waals surface area contributed by atoms with Crippen molar-refractivity contribution in [3.63, 3.8) is 0 Å². The number of aliphatic hydroxyl groups is 1. The molecule has 0 unspecified atom stereocenters. The number of ether oxygens (including phenoxy) is 1. The molecule has 0 bridgehead atoms.